The number of nitro benzene ring substituents is 1. The van der Waals surface area contributed by atoms with Gasteiger partial charge in [-0.3, -0.25) is 19.8 Å². The van der Waals surface area contributed by atoms with Gasteiger partial charge in [0, 0.05) is 38.8 Å². The van der Waals surface area contributed by atoms with Crippen LogP contribution in [0.25, 0.3) is 5.69 Å². The third-order valence-electron chi connectivity index (χ3n) is 7.96. The van der Waals surface area contributed by atoms with Gasteiger partial charge in [-0.25, -0.2) is 13.1 Å². The number of hydrogen-bond acceptors (Lipinski definition) is 10. The number of piperazine rings is 1. The summed E-state index contributed by atoms with van der Waals surface area (Å²) in [7, 11) is -4.13. The Balaban J connectivity index is 1.22. The average Bonchev–Trinajstić information content (AvgIpc) is 3.46. The molecule has 2 aliphatic heterocycles. The van der Waals surface area contributed by atoms with E-state index in [0.717, 1.165) is 12.1 Å². The van der Waals surface area contributed by atoms with E-state index in [1.165, 1.54) is 57.5 Å². The van der Waals surface area contributed by atoms with E-state index in [1.54, 1.807) is 12.1 Å². The highest BCUT2D eigenvalue weighted by Crippen LogP contribution is 2.39. The molecular weight excluding hydrogens is 659 g/mol. The predicted octanol–water partition coefficient (Wildman–Crippen LogP) is 4.43. The molecule has 4 aromatic rings. The van der Waals surface area contributed by atoms with Crippen LogP contribution in [0.3, 0.4) is 0 Å². The Morgan fingerprint density at radius 2 is 1.62 bits per heavy atom. The summed E-state index contributed by atoms with van der Waals surface area (Å²) in [5, 5.41) is 19.4. The van der Waals surface area contributed by atoms with Crippen LogP contribution in [0, 0.1) is 10.1 Å². The molecule has 0 unspecified atom stereocenters. The number of hydrogen-bond donors (Lipinski definition) is 2. The van der Waals surface area contributed by atoms with Gasteiger partial charge in [-0.15, -0.1) is 13.2 Å². The molecule has 1 atom stereocenters. The van der Waals surface area contributed by atoms with Gasteiger partial charge in [0.1, 0.15) is 11.4 Å². The second kappa shape index (κ2) is 12.8. The third kappa shape index (κ3) is 6.49. The molecule has 2 aliphatic rings. The van der Waals surface area contributed by atoms with Crippen molar-refractivity contribution in [3.63, 3.8) is 0 Å². The molecular formula is C30H28F3N7O7S. The van der Waals surface area contributed by atoms with E-state index < -0.39 is 38.7 Å². The normalized spacial score (nSPS) is 17.3. The fourth-order valence-corrected chi connectivity index (χ4v) is 7.41. The Labute approximate surface area is 271 Å². The molecule has 48 heavy (non-hydrogen) atoms. The molecule has 3 aromatic carbocycles. The van der Waals surface area contributed by atoms with E-state index in [2.05, 4.69) is 10.1 Å². The molecule has 252 valence electrons. The number of primary amides is 1. The largest absolute Gasteiger partial charge is 0.573 e. The first-order valence-electron chi connectivity index (χ1n) is 14.6. The van der Waals surface area contributed by atoms with Crippen LogP contribution in [-0.2, 0) is 10.0 Å². The number of alkyl halides is 3. The third-order valence-corrected chi connectivity index (χ3v) is 9.90. The molecule has 6 rings (SSSR count). The Morgan fingerprint density at radius 3 is 2.27 bits per heavy atom. The van der Waals surface area contributed by atoms with Gasteiger partial charge in [0.2, 0.25) is 10.0 Å². The molecule has 0 bridgehead atoms. The quantitative estimate of drug-likeness (QED) is 0.189. The first-order valence-corrected chi connectivity index (χ1v) is 16.0. The molecule has 0 radical (unpaired) electrons. The van der Waals surface area contributed by atoms with Crippen molar-refractivity contribution in [1.29, 1.82) is 0 Å². The monoisotopic (exact) mass is 687 g/mol. The molecule has 3 N–H and O–H groups in total. The van der Waals surface area contributed by atoms with Crippen molar-refractivity contribution in [3.8, 4) is 22.9 Å². The van der Waals surface area contributed by atoms with Crippen molar-refractivity contribution in [2.24, 2.45) is 5.73 Å². The number of nitro groups is 1. The van der Waals surface area contributed by atoms with Gasteiger partial charge in [-0.2, -0.15) is 9.40 Å². The van der Waals surface area contributed by atoms with Crippen molar-refractivity contribution in [3.05, 3.63) is 94.3 Å². The Morgan fingerprint density at radius 1 is 0.979 bits per heavy atom. The molecule has 0 aliphatic carbocycles. The van der Waals surface area contributed by atoms with Crippen molar-refractivity contribution >= 4 is 27.3 Å². The summed E-state index contributed by atoms with van der Waals surface area (Å²) in [6.07, 6.45) is -4.32. The average molecular weight is 688 g/mol. The van der Waals surface area contributed by atoms with Crippen molar-refractivity contribution in [2.75, 3.05) is 38.0 Å². The number of nitrogens with one attached hydrogen (secondary N) is 1. The van der Waals surface area contributed by atoms with Gasteiger partial charge in [-0.1, -0.05) is 24.3 Å². The number of fused-ring (bicyclic) bond motifs is 1. The lowest BCUT2D eigenvalue weighted by molar-refractivity contribution is -0.387. The topological polar surface area (TPSA) is 175 Å². The van der Waals surface area contributed by atoms with Crippen LogP contribution in [-0.4, -0.2) is 77.3 Å². The highest BCUT2D eigenvalue weighted by Gasteiger charge is 2.39. The van der Waals surface area contributed by atoms with Crippen LogP contribution in [0.15, 0.2) is 77.7 Å². The molecule has 1 aromatic heterocycles. The number of nitrogens with zero attached hydrogens (tertiary/aromatic N) is 5. The smallest absolute Gasteiger partial charge is 0.453 e. The molecule has 1 fully saturated rings. The second-order valence-corrected chi connectivity index (χ2v) is 12.8. The fourth-order valence-electron chi connectivity index (χ4n) is 5.83. The summed E-state index contributed by atoms with van der Waals surface area (Å²) in [6.45, 7) is 1.23. The Kier molecular flexibility index (Phi) is 8.71. The number of ether oxygens (including phenoxy) is 2. The minimum Gasteiger partial charge on any atom is -0.453 e. The zero-order chi connectivity index (χ0) is 34.2. The molecule has 1 amide bonds. The van der Waals surface area contributed by atoms with Crippen LogP contribution in [0.1, 0.15) is 28.6 Å². The molecule has 14 nitrogen and oxygen atoms in total. The van der Waals surface area contributed by atoms with E-state index in [1.807, 2.05) is 4.90 Å². The summed E-state index contributed by atoms with van der Waals surface area (Å²) < 4.78 is 77.4. The van der Waals surface area contributed by atoms with Crippen LogP contribution in [0.2, 0.25) is 0 Å². The van der Waals surface area contributed by atoms with Gasteiger partial charge in [0.05, 0.1) is 22.3 Å². The number of nitrogens with two attached hydrogens (primary N) is 1. The second-order valence-electron chi connectivity index (χ2n) is 10.9. The van der Waals surface area contributed by atoms with E-state index >= 15 is 0 Å². The first-order chi connectivity index (χ1) is 22.8. The maximum absolute atomic E-state index is 13.3. The van der Waals surface area contributed by atoms with Gasteiger partial charge in [-0.05, 0) is 48.9 Å². The number of anilines is 1. The number of benzene rings is 3. The number of rotatable bonds is 9. The lowest BCUT2D eigenvalue weighted by Crippen LogP contribution is -2.50. The highest BCUT2D eigenvalue weighted by molar-refractivity contribution is 7.89. The van der Waals surface area contributed by atoms with E-state index in [4.69, 9.17) is 15.6 Å². The van der Waals surface area contributed by atoms with Gasteiger partial charge >= 0.3 is 6.36 Å². The zero-order valence-electron chi connectivity index (χ0n) is 25.0. The van der Waals surface area contributed by atoms with Crippen molar-refractivity contribution in [2.45, 2.75) is 23.7 Å². The van der Waals surface area contributed by atoms with Crippen LogP contribution < -0.4 is 20.5 Å². The zero-order valence-corrected chi connectivity index (χ0v) is 25.8. The summed E-state index contributed by atoms with van der Waals surface area (Å²) in [5.41, 5.74) is 6.78. The standard InChI is InChI=1S/C30H28F3N7O7S/c31-30(32,33)47-24-7-3-2-6-23(24)46-20-11-9-19(10-12-20)39-28(29(34)41)27-26(36-39)22(13-14-35-27)37-15-17-38(18-16-37)48(44,45)25-8-4-1-5-21(25)40(42)43/h1-12,22,35H,13-18H2,(H2,34,41)/t22-/m1/s1. The first kappa shape index (κ1) is 32.7. The summed E-state index contributed by atoms with van der Waals surface area (Å²) in [5.74, 6) is -1.23. The minimum atomic E-state index is -4.91. The van der Waals surface area contributed by atoms with Crippen molar-refractivity contribution < 1.29 is 40.8 Å². The Hall–Kier alpha value is -5.20. The van der Waals surface area contributed by atoms with Crippen LogP contribution >= 0.6 is 0 Å². The van der Waals surface area contributed by atoms with Crippen LogP contribution in [0.4, 0.5) is 24.5 Å². The SMILES string of the molecule is NC(=O)c1c2c(nn1-c1ccc(Oc3ccccc3OC(F)(F)F)cc1)[C@H](N1CCN(S(=O)(=O)c3ccccc3[N+](=O)[O-])CC1)CCN2. The van der Waals surface area contributed by atoms with Crippen LogP contribution in [0.5, 0.6) is 17.2 Å². The number of sulfonamides is 1. The lowest BCUT2D eigenvalue weighted by Gasteiger charge is -2.39. The molecule has 3 heterocycles. The fraction of sp³-hybridized carbons (Fsp3) is 0.267. The number of halogens is 3. The molecule has 1 saturated heterocycles. The molecule has 18 heteroatoms. The van der Waals surface area contributed by atoms with Gasteiger partial charge in [0.15, 0.2) is 22.1 Å². The predicted molar refractivity (Wildman–Crippen MR) is 165 cm³/mol. The molecule has 0 saturated carbocycles. The highest BCUT2D eigenvalue weighted by atomic mass is 32.2. The summed E-state index contributed by atoms with van der Waals surface area (Å²) in [4.78, 5) is 25.1. The number of carbonyl (C=O) groups excluding carboxylic acids is 1. The minimum absolute atomic E-state index is 0.0790. The summed E-state index contributed by atoms with van der Waals surface area (Å²) >= 11 is 0. The van der Waals surface area contributed by atoms with E-state index in [0.29, 0.717) is 43.1 Å². The van der Waals surface area contributed by atoms with Gasteiger partial charge < -0.3 is 20.5 Å². The Bertz CT molecular complexity index is 1960. The summed E-state index contributed by atoms with van der Waals surface area (Å²) in [6, 6.07) is 16.4. The lowest BCUT2D eigenvalue weighted by atomic mass is 10.0. The number of aromatic nitrogens is 2. The van der Waals surface area contributed by atoms with E-state index in [-0.39, 0.29) is 41.2 Å². The van der Waals surface area contributed by atoms with E-state index in [9.17, 15) is 36.5 Å². The number of amides is 1. The number of para-hydroxylation sites is 3. The van der Waals surface area contributed by atoms with Gasteiger partial charge in [0.25, 0.3) is 11.6 Å². The van der Waals surface area contributed by atoms with Crippen molar-refractivity contribution in [1.82, 2.24) is 19.0 Å². The maximum Gasteiger partial charge on any atom is 0.573 e. The molecule has 0 spiro atoms. The maximum atomic E-state index is 13.3. The number of carbonyl (C=O) groups is 1.